The fraction of sp³-hybridized carbons (Fsp3) is 0.368. The van der Waals surface area contributed by atoms with Crippen molar-refractivity contribution in [3.63, 3.8) is 0 Å². The molecule has 0 atom stereocenters. The van der Waals surface area contributed by atoms with Crippen molar-refractivity contribution in [2.75, 3.05) is 34.8 Å². The van der Waals surface area contributed by atoms with Crippen LogP contribution in [0.4, 0.5) is 33.3 Å². The Morgan fingerprint density at radius 2 is 2.00 bits per heavy atom. The number of benzene rings is 1. The first-order valence-corrected chi connectivity index (χ1v) is 9.10. The fourth-order valence-electron chi connectivity index (χ4n) is 2.66. The van der Waals surface area contributed by atoms with Crippen molar-refractivity contribution in [3.8, 4) is 0 Å². The molecule has 0 unspecified atom stereocenters. The highest BCUT2D eigenvalue weighted by atomic mass is 19.1. The van der Waals surface area contributed by atoms with Gasteiger partial charge in [0, 0.05) is 30.6 Å². The first kappa shape index (κ1) is 22.0. The summed E-state index contributed by atoms with van der Waals surface area (Å²) >= 11 is 0. The molecule has 0 fully saturated rings. The molecule has 1 aromatic carbocycles. The van der Waals surface area contributed by atoms with Gasteiger partial charge in [0.25, 0.3) is 0 Å². The summed E-state index contributed by atoms with van der Waals surface area (Å²) < 4.78 is 14.3. The molecule has 0 aliphatic rings. The molecule has 0 aliphatic heterocycles. The predicted molar refractivity (Wildman–Crippen MR) is 115 cm³/mol. The van der Waals surface area contributed by atoms with Crippen LogP contribution >= 0.6 is 0 Å². The van der Waals surface area contributed by atoms with Crippen LogP contribution in [0.15, 0.2) is 12.1 Å². The van der Waals surface area contributed by atoms with Gasteiger partial charge in [0.2, 0.25) is 5.95 Å². The molecule has 0 bridgehead atoms. The Balaban J connectivity index is 2.46. The first-order valence-electron chi connectivity index (χ1n) is 9.10. The topological polar surface area (TPSA) is 156 Å². The Morgan fingerprint density at radius 1 is 1.31 bits per heavy atom. The maximum absolute atomic E-state index is 14.3. The van der Waals surface area contributed by atoms with Gasteiger partial charge >= 0.3 is 0 Å². The lowest BCUT2D eigenvalue weighted by molar-refractivity contribution is 0.0944. The molecule has 29 heavy (non-hydrogen) atoms. The molecule has 10 heteroatoms. The third-order valence-corrected chi connectivity index (χ3v) is 3.94. The van der Waals surface area contributed by atoms with Crippen molar-refractivity contribution in [3.05, 3.63) is 29.1 Å². The van der Waals surface area contributed by atoms with Crippen LogP contribution in [-0.2, 0) is 0 Å². The average Bonchev–Trinajstić information content (AvgIpc) is 2.60. The summed E-state index contributed by atoms with van der Waals surface area (Å²) in [6.45, 7) is 7.34. The standard InChI is InChI=1S/C19H27FN8O/c1-5-24-17-14(10(2)22)16(23)27-18(28-17)26-13-7-6-12(20)15(11(13)8-21)25-9-19(3,4)29/h6-8,21-22,25,29H,5,9H2,1-4H3,(H4,23,24,26,27,28). The van der Waals surface area contributed by atoms with E-state index in [1.807, 2.05) is 6.92 Å². The number of anilines is 5. The lowest BCUT2D eigenvalue weighted by atomic mass is 10.1. The second kappa shape index (κ2) is 8.82. The zero-order valence-corrected chi connectivity index (χ0v) is 16.9. The van der Waals surface area contributed by atoms with E-state index in [-0.39, 0.29) is 35.3 Å². The van der Waals surface area contributed by atoms with Gasteiger partial charge in [0.05, 0.1) is 22.5 Å². The van der Waals surface area contributed by atoms with Gasteiger partial charge in [-0.05, 0) is 39.8 Å². The number of hydrogen-bond acceptors (Lipinski definition) is 9. The summed E-state index contributed by atoms with van der Waals surface area (Å²) in [6.07, 6.45) is 1.00. The lowest BCUT2D eigenvalue weighted by Crippen LogP contribution is -2.30. The Hall–Kier alpha value is -3.27. The third-order valence-electron chi connectivity index (χ3n) is 3.94. The molecule has 8 N–H and O–H groups in total. The summed E-state index contributed by atoms with van der Waals surface area (Å²) in [7, 11) is 0. The number of nitrogen functional groups attached to an aromatic ring is 1. The predicted octanol–water partition coefficient (Wildman–Crippen LogP) is 2.94. The van der Waals surface area contributed by atoms with Crippen molar-refractivity contribution in [2.45, 2.75) is 33.3 Å². The van der Waals surface area contributed by atoms with Crippen LogP contribution in [0.1, 0.15) is 38.8 Å². The normalized spacial score (nSPS) is 11.1. The number of rotatable bonds is 9. The number of aromatic nitrogens is 2. The Kier molecular flexibility index (Phi) is 6.70. The number of aliphatic hydroxyl groups is 1. The minimum atomic E-state index is -1.06. The molecule has 156 valence electrons. The number of nitrogens with one attached hydrogen (secondary N) is 5. The van der Waals surface area contributed by atoms with E-state index in [4.69, 9.17) is 16.6 Å². The monoisotopic (exact) mass is 402 g/mol. The van der Waals surface area contributed by atoms with Gasteiger partial charge in [-0.15, -0.1) is 0 Å². The quantitative estimate of drug-likeness (QED) is 0.318. The Morgan fingerprint density at radius 3 is 2.55 bits per heavy atom. The van der Waals surface area contributed by atoms with E-state index >= 15 is 0 Å². The second-order valence-corrected chi connectivity index (χ2v) is 7.13. The summed E-state index contributed by atoms with van der Waals surface area (Å²) in [5.74, 6) is 0.132. The van der Waals surface area contributed by atoms with E-state index in [1.165, 1.54) is 12.1 Å². The maximum atomic E-state index is 14.3. The van der Waals surface area contributed by atoms with Gasteiger partial charge in [0.1, 0.15) is 17.5 Å². The van der Waals surface area contributed by atoms with Gasteiger partial charge in [0.15, 0.2) is 0 Å². The van der Waals surface area contributed by atoms with E-state index in [0.717, 1.165) is 6.21 Å². The first-order chi connectivity index (χ1) is 13.6. The van der Waals surface area contributed by atoms with Gasteiger partial charge in [-0.2, -0.15) is 9.97 Å². The van der Waals surface area contributed by atoms with Gasteiger partial charge in [-0.3, -0.25) is 0 Å². The van der Waals surface area contributed by atoms with Crippen molar-refractivity contribution in [2.24, 2.45) is 0 Å². The molecule has 2 rings (SSSR count). The molecule has 2 aromatic rings. The van der Waals surface area contributed by atoms with Crippen LogP contribution in [0.2, 0.25) is 0 Å². The van der Waals surface area contributed by atoms with Crippen LogP contribution < -0.4 is 21.7 Å². The van der Waals surface area contributed by atoms with Crippen LogP contribution in [0, 0.1) is 16.6 Å². The number of hydrogen-bond donors (Lipinski definition) is 7. The second-order valence-electron chi connectivity index (χ2n) is 7.13. The minimum absolute atomic E-state index is 0.0824. The highest BCUT2D eigenvalue weighted by Crippen LogP contribution is 2.29. The molecule has 0 amide bonds. The number of halogens is 1. The van der Waals surface area contributed by atoms with Gasteiger partial charge in [-0.25, -0.2) is 4.39 Å². The van der Waals surface area contributed by atoms with E-state index in [0.29, 0.717) is 23.6 Å². The third kappa shape index (κ3) is 5.38. The Bertz CT molecular complexity index is 923. The SMILES string of the molecule is CCNc1nc(Nc2ccc(F)c(NCC(C)(C)O)c2C=N)nc(N)c1C(C)=N. The number of nitrogens with zero attached hydrogens (tertiary/aromatic N) is 2. The molecular formula is C19H27FN8O. The van der Waals surface area contributed by atoms with E-state index in [2.05, 4.69) is 25.9 Å². The fourth-order valence-corrected chi connectivity index (χ4v) is 2.66. The Labute approximate surface area is 169 Å². The molecular weight excluding hydrogens is 375 g/mol. The summed E-state index contributed by atoms with van der Waals surface area (Å²) in [5.41, 5.74) is 6.31. The molecule has 0 saturated heterocycles. The van der Waals surface area contributed by atoms with Crippen LogP contribution in [-0.4, -0.2) is 45.7 Å². The van der Waals surface area contributed by atoms with Gasteiger partial charge < -0.3 is 37.6 Å². The summed E-state index contributed by atoms with van der Waals surface area (Å²) in [5, 5.41) is 34.4. The van der Waals surface area contributed by atoms with E-state index in [9.17, 15) is 9.50 Å². The molecule has 1 heterocycles. The average molecular weight is 402 g/mol. The smallest absolute Gasteiger partial charge is 0.231 e. The highest BCUT2D eigenvalue weighted by molar-refractivity contribution is 6.04. The zero-order valence-electron chi connectivity index (χ0n) is 16.9. The van der Waals surface area contributed by atoms with Gasteiger partial charge in [-0.1, -0.05) is 0 Å². The maximum Gasteiger partial charge on any atom is 0.231 e. The number of nitrogens with two attached hydrogens (primary N) is 1. The van der Waals surface area contributed by atoms with Crippen LogP contribution in [0.25, 0.3) is 0 Å². The largest absolute Gasteiger partial charge is 0.389 e. The highest BCUT2D eigenvalue weighted by Gasteiger charge is 2.19. The minimum Gasteiger partial charge on any atom is -0.389 e. The van der Waals surface area contributed by atoms with Crippen molar-refractivity contribution >= 4 is 40.9 Å². The van der Waals surface area contributed by atoms with E-state index in [1.54, 1.807) is 20.8 Å². The summed E-state index contributed by atoms with van der Waals surface area (Å²) in [4.78, 5) is 8.56. The van der Waals surface area contributed by atoms with Crippen LogP contribution in [0.5, 0.6) is 0 Å². The summed E-state index contributed by atoms with van der Waals surface area (Å²) in [6, 6.07) is 2.71. The molecule has 0 spiro atoms. The lowest BCUT2D eigenvalue weighted by Gasteiger charge is -2.21. The zero-order chi connectivity index (χ0) is 21.8. The molecule has 0 saturated carbocycles. The van der Waals surface area contributed by atoms with Crippen molar-refractivity contribution in [1.82, 2.24) is 9.97 Å². The van der Waals surface area contributed by atoms with Crippen molar-refractivity contribution < 1.29 is 9.50 Å². The molecule has 1 aromatic heterocycles. The molecule has 9 nitrogen and oxygen atoms in total. The van der Waals surface area contributed by atoms with Crippen LogP contribution in [0.3, 0.4) is 0 Å². The molecule has 0 radical (unpaired) electrons. The van der Waals surface area contributed by atoms with E-state index < -0.39 is 11.4 Å². The van der Waals surface area contributed by atoms with Crippen molar-refractivity contribution in [1.29, 1.82) is 10.8 Å². The molecule has 0 aliphatic carbocycles.